The van der Waals surface area contributed by atoms with Crippen LogP contribution in [0.4, 0.5) is 4.39 Å². The van der Waals surface area contributed by atoms with E-state index in [1.807, 2.05) is 41.1 Å². The third-order valence-corrected chi connectivity index (χ3v) is 7.48. The van der Waals surface area contributed by atoms with Crippen molar-refractivity contribution in [3.8, 4) is 28.5 Å². The zero-order chi connectivity index (χ0) is 24.6. The van der Waals surface area contributed by atoms with Crippen LogP contribution in [-0.4, -0.2) is 20.4 Å². The van der Waals surface area contributed by atoms with Gasteiger partial charge in [0.15, 0.2) is 5.65 Å². The van der Waals surface area contributed by atoms with E-state index in [1.54, 1.807) is 6.07 Å². The summed E-state index contributed by atoms with van der Waals surface area (Å²) in [6.45, 7) is 0.636. The van der Waals surface area contributed by atoms with E-state index >= 15 is 0 Å². The summed E-state index contributed by atoms with van der Waals surface area (Å²) in [6.07, 6.45) is 10.2. The number of pyridine rings is 1. The van der Waals surface area contributed by atoms with Crippen molar-refractivity contribution in [2.45, 2.75) is 44.7 Å². The summed E-state index contributed by atoms with van der Waals surface area (Å²) in [6, 6.07) is 17.2. The molecule has 0 spiro atoms. The minimum Gasteiger partial charge on any atom is -0.360 e. The van der Waals surface area contributed by atoms with E-state index in [9.17, 15) is 9.65 Å². The Labute approximate surface area is 213 Å². The fourth-order valence-electron chi connectivity index (χ4n) is 5.35. The van der Waals surface area contributed by atoms with E-state index in [0.29, 0.717) is 34.9 Å². The van der Waals surface area contributed by atoms with Gasteiger partial charge in [-0.1, -0.05) is 49.1 Å². The summed E-state index contributed by atoms with van der Waals surface area (Å²) in [7, 11) is 0. The zero-order valence-corrected chi connectivity index (χ0v) is 20.4. The average Bonchev–Trinajstić information content (AvgIpc) is 3.52. The van der Waals surface area contributed by atoms with Crippen LogP contribution in [0, 0.1) is 17.1 Å². The number of nitrogens with zero attached hydrogens (tertiary/aromatic N) is 3. The summed E-state index contributed by atoms with van der Waals surface area (Å²) in [4.78, 5) is 8.25. The number of aromatic nitrogens is 3. The van der Waals surface area contributed by atoms with Gasteiger partial charge >= 0.3 is 0 Å². The van der Waals surface area contributed by atoms with Gasteiger partial charge in [0.1, 0.15) is 17.4 Å². The van der Waals surface area contributed by atoms with Crippen molar-refractivity contribution in [3.63, 3.8) is 0 Å². The molecule has 1 aliphatic rings. The number of rotatable bonds is 5. The number of nitriles is 1. The van der Waals surface area contributed by atoms with Crippen LogP contribution in [0.1, 0.15) is 43.4 Å². The Morgan fingerprint density at radius 1 is 1.08 bits per heavy atom. The molecule has 0 radical (unpaired) electrons. The zero-order valence-electron chi connectivity index (χ0n) is 19.7. The Morgan fingerprint density at radius 2 is 1.92 bits per heavy atom. The van der Waals surface area contributed by atoms with Crippen LogP contribution in [0.5, 0.6) is 0 Å². The lowest BCUT2D eigenvalue weighted by Crippen LogP contribution is -2.30. The maximum absolute atomic E-state index is 13.8. The minimum absolute atomic E-state index is 0.256. The van der Waals surface area contributed by atoms with Gasteiger partial charge in [-0.2, -0.15) is 5.26 Å². The lowest BCUT2D eigenvalue weighted by molar-refractivity contribution is 0.371. The summed E-state index contributed by atoms with van der Waals surface area (Å²) in [5.74, 6) is -0.419. The van der Waals surface area contributed by atoms with Gasteiger partial charge in [0.25, 0.3) is 0 Å². The van der Waals surface area contributed by atoms with Gasteiger partial charge in [-0.15, -0.1) is 0 Å². The molecule has 2 N–H and O–H groups in total. The third kappa shape index (κ3) is 4.05. The number of H-pyrrole nitrogens is 1. The number of fused-ring (bicyclic) bond motifs is 2. The second-order valence-corrected chi connectivity index (χ2v) is 9.85. The predicted molar refractivity (Wildman–Crippen MR) is 141 cm³/mol. The largest absolute Gasteiger partial charge is 0.360 e. The van der Waals surface area contributed by atoms with Crippen molar-refractivity contribution < 1.29 is 4.39 Å². The lowest BCUT2D eigenvalue weighted by atomic mass is 9.95. The second kappa shape index (κ2) is 9.42. The SMILES string of the molecule is N#Cc1c(-c2ccc(F)cc2Cl)cc(-c2c[nH]c3ccccc23)n2cc(CNC3CCCCC3)nc12. The molecule has 6 rings (SSSR count). The Kier molecular flexibility index (Phi) is 5.96. The first kappa shape index (κ1) is 22.8. The van der Waals surface area contributed by atoms with Gasteiger partial charge in [-0.25, -0.2) is 9.37 Å². The van der Waals surface area contributed by atoms with Gasteiger partial charge < -0.3 is 10.3 Å². The van der Waals surface area contributed by atoms with Crippen LogP contribution in [0.3, 0.4) is 0 Å². The molecule has 36 heavy (non-hydrogen) atoms. The Hall–Kier alpha value is -3.66. The molecule has 0 atom stereocenters. The molecule has 5 nitrogen and oxygen atoms in total. The maximum Gasteiger partial charge on any atom is 0.156 e. The third-order valence-electron chi connectivity index (χ3n) is 7.16. The number of para-hydroxylation sites is 1. The first-order valence-electron chi connectivity index (χ1n) is 12.3. The summed E-state index contributed by atoms with van der Waals surface area (Å²) >= 11 is 6.46. The molecule has 0 aliphatic heterocycles. The molecule has 0 saturated heterocycles. The molecule has 2 aromatic carbocycles. The highest BCUT2D eigenvalue weighted by atomic mass is 35.5. The number of imidazole rings is 1. The first-order chi connectivity index (χ1) is 17.6. The standard InChI is InChI=1S/C29H25ClFN5/c30-26-12-18(31)10-11-21(26)23-13-28(25-16-34-27-9-5-4-8-22(25)27)36-17-20(35-29(36)24(23)14-32)15-33-19-6-2-1-3-7-19/h4-5,8-13,16-17,19,33-34H,1-3,6-7,15H2. The quantitative estimate of drug-likeness (QED) is 0.269. The number of hydrogen-bond donors (Lipinski definition) is 2. The van der Waals surface area contributed by atoms with Crippen LogP contribution >= 0.6 is 11.6 Å². The molecule has 7 heteroatoms. The monoisotopic (exact) mass is 497 g/mol. The number of hydrogen-bond acceptors (Lipinski definition) is 3. The van der Waals surface area contributed by atoms with E-state index in [4.69, 9.17) is 16.6 Å². The highest BCUT2D eigenvalue weighted by Gasteiger charge is 2.21. The number of halogens is 2. The van der Waals surface area contributed by atoms with Crippen molar-refractivity contribution in [1.82, 2.24) is 19.7 Å². The van der Waals surface area contributed by atoms with Crippen molar-refractivity contribution in [2.75, 3.05) is 0 Å². The van der Waals surface area contributed by atoms with Crippen molar-refractivity contribution in [1.29, 1.82) is 5.26 Å². The van der Waals surface area contributed by atoms with E-state index < -0.39 is 5.82 Å². The van der Waals surface area contributed by atoms with Gasteiger partial charge in [0.05, 0.1) is 16.4 Å². The molecule has 3 aromatic heterocycles. The van der Waals surface area contributed by atoms with E-state index in [-0.39, 0.29) is 5.02 Å². The molecule has 1 fully saturated rings. The fraction of sp³-hybridized carbons (Fsp3) is 0.241. The second-order valence-electron chi connectivity index (χ2n) is 9.44. The molecule has 1 aliphatic carbocycles. The molecule has 3 heterocycles. The van der Waals surface area contributed by atoms with Crippen LogP contribution in [0.2, 0.25) is 5.02 Å². The van der Waals surface area contributed by atoms with Gasteiger partial charge in [0.2, 0.25) is 0 Å². The lowest BCUT2D eigenvalue weighted by Gasteiger charge is -2.22. The van der Waals surface area contributed by atoms with Crippen molar-refractivity contribution in [3.05, 3.63) is 83.0 Å². The highest BCUT2D eigenvalue weighted by Crippen LogP contribution is 2.38. The molecule has 5 aromatic rings. The number of benzene rings is 2. The molecule has 180 valence electrons. The highest BCUT2D eigenvalue weighted by molar-refractivity contribution is 6.33. The minimum atomic E-state index is -0.419. The maximum atomic E-state index is 13.8. The molecule has 0 bridgehead atoms. The molecule has 1 saturated carbocycles. The van der Waals surface area contributed by atoms with E-state index in [0.717, 1.165) is 27.9 Å². The first-order valence-corrected chi connectivity index (χ1v) is 12.7. The number of nitrogens with one attached hydrogen (secondary N) is 2. The molecular formula is C29H25ClFN5. The van der Waals surface area contributed by atoms with Gasteiger partial charge in [-0.3, -0.25) is 4.40 Å². The van der Waals surface area contributed by atoms with Crippen LogP contribution in [-0.2, 0) is 6.54 Å². The van der Waals surface area contributed by atoms with E-state index in [2.05, 4.69) is 22.4 Å². The van der Waals surface area contributed by atoms with Crippen molar-refractivity contribution in [2.24, 2.45) is 0 Å². The van der Waals surface area contributed by atoms with Crippen LogP contribution in [0.15, 0.2) is 60.9 Å². The predicted octanol–water partition coefficient (Wildman–Crippen LogP) is 7.24. The van der Waals surface area contributed by atoms with Crippen LogP contribution < -0.4 is 5.32 Å². The topological polar surface area (TPSA) is 68.9 Å². The number of aromatic amines is 1. The van der Waals surface area contributed by atoms with Gasteiger partial charge in [0, 0.05) is 52.6 Å². The Morgan fingerprint density at radius 3 is 2.72 bits per heavy atom. The summed E-state index contributed by atoms with van der Waals surface area (Å²) in [5, 5.41) is 15.2. The fourth-order valence-corrected chi connectivity index (χ4v) is 5.62. The molecular weight excluding hydrogens is 473 g/mol. The Bertz CT molecular complexity index is 1620. The smallest absolute Gasteiger partial charge is 0.156 e. The molecule has 0 amide bonds. The normalized spacial score (nSPS) is 14.5. The molecule has 0 unspecified atom stereocenters. The van der Waals surface area contributed by atoms with Crippen molar-refractivity contribution >= 4 is 28.2 Å². The Balaban J connectivity index is 1.55. The summed E-state index contributed by atoms with van der Waals surface area (Å²) in [5.41, 5.74) is 5.98. The van der Waals surface area contributed by atoms with E-state index in [1.165, 1.54) is 44.2 Å². The average molecular weight is 498 g/mol. The van der Waals surface area contributed by atoms with Crippen LogP contribution in [0.25, 0.3) is 38.9 Å². The summed E-state index contributed by atoms with van der Waals surface area (Å²) < 4.78 is 15.8. The van der Waals surface area contributed by atoms with Gasteiger partial charge in [-0.05, 0) is 43.2 Å².